The molecule has 0 radical (unpaired) electrons. The van der Waals surface area contributed by atoms with Gasteiger partial charge in [0, 0.05) is 16.5 Å². The minimum absolute atomic E-state index is 0.0930. The number of rotatable bonds is 4. The molecule has 2 aromatic carbocycles. The fourth-order valence-corrected chi connectivity index (χ4v) is 2.50. The number of carboxylic acids is 1. The summed E-state index contributed by atoms with van der Waals surface area (Å²) in [6, 6.07) is 13.8. The van der Waals surface area contributed by atoms with Crippen LogP contribution in [0.25, 0.3) is 22.2 Å². The zero-order chi connectivity index (χ0) is 16.4. The molecule has 0 amide bonds. The Morgan fingerprint density at radius 3 is 2.52 bits per heavy atom. The predicted molar refractivity (Wildman–Crippen MR) is 84.6 cm³/mol. The number of pyridine rings is 1. The lowest BCUT2D eigenvalue weighted by atomic mass is 10.0. The minimum atomic E-state index is -1.24. The van der Waals surface area contributed by atoms with Crippen LogP contribution in [0.4, 0.5) is 0 Å². The Morgan fingerprint density at radius 2 is 1.83 bits per heavy atom. The molecule has 23 heavy (non-hydrogen) atoms. The molecule has 116 valence electrons. The third kappa shape index (κ3) is 2.68. The molecule has 0 bridgehead atoms. The van der Waals surface area contributed by atoms with Crippen LogP contribution < -0.4 is 14.6 Å². The van der Waals surface area contributed by atoms with Gasteiger partial charge in [-0.15, -0.1) is 0 Å². The molecule has 0 aliphatic rings. The number of hydrogen-bond acceptors (Lipinski definition) is 5. The van der Waals surface area contributed by atoms with E-state index in [1.807, 2.05) is 0 Å². The molecule has 1 aromatic heterocycles. The van der Waals surface area contributed by atoms with Crippen molar-refractivity contribution in [3.63, 3.8) is 0 Å². The molecule has 0 aliphatic carbocycles. The second-order valence-electron chi connectivity index (χ2n) is 4.93. The number of ether oxygens (including phenoxy) is 2. The standard InChI is InChI=1S/C18H15NO4/c1-22-11-7-8-17(23-2)14(9-11)16-10-13(18(20)21)12-5-3-4-6-15(12)19-16/h3-10H,1-2H3,(H,20,21)/p-1. The van der Waals surface area contributed by atoms with E-state index in [-0.39, 0.29) is 5.56 Å². The number of aromatic carboxylic acids is 1. The van der Waals surface area contributed by atoms with Crippen LogP contribution in [0.15, 0.2) is 48.5 Å². The number of benzene rings is 2. The summed E-state index contributed by atoms with van der Waals surface area (Å²) in [5.41, 5.74) is 1.81. The van der Waals surface area contributed by atoms with Gasteiger partial charge in [0.05, 0.1) is 31.4 Å². The van der Waals surface area contributed by atoms with E-state index >= 15 is 0 Å². The highest BCUT2D eigenvalue weighted by molar-refractivity contribution is 6.03. The zero-order valence-electron chi connectivity index (χ0n) is 12.7. The number of nitrogens with zero attached hydrogens (tertiary/aromatic N) is 1. The van der Waals surface area contributed by atoms with Crippen LogP contribution in [0.2, 0.25) is 0 Å². The molecule has 3 rings (SSSR count). The zero-order valence-corrected chi connectivity index (χ0v) is 12.7. The largest absolute Gasteiger partial charge is 0.545 e. The van der Waals surface area contributed by atoms with Gasteiger partial charge in [0.15, 0.2) is 0 Å². The molecule has 0 N–H and O–H groups in total. The Morgan fingerprint density at radius 1 is 1.04 bits per heavy atom. The Hall–Kier alpha value is -3.08. The van der Waals surface area contributed by atoms with Gasteiger partial charge in [-0.1, -0.05) is 18.2 Å². The van der Waals surface area contributed by atoms with Crippen molar-refractivity contribution < 1.29 is 19.4 Å². The maximum Gasteiger partial charge on any atom is 0.128 e. The van der Waals surface area contributed by atoms with Gasteiger partial charge >= 0.3 is 0 Å². The van der Waals surface area contributed by atoms with Gasteiger partial charge in [-0.25, -0.2) is 4.98 Å². The van der Waals surface area contributed by atoms with Gasteiger partial charge in [0.25, 0.3) is 0 Å². The summed E-state index contributed by atoms with van der Waals surface area (Å²) in [4.78, 5) is 16.0. The molecular formula is C18H14NO4-. The van der Waals surface area contributed by atoms with E-state index in [1.165, 1.54) is 6.07 Å². The van der Waals surface area contributed by atoms with Crippen molar-refractivity contribution in [2.24, 2.45) is 0 Å². The molecule has 5 nitrogen and oxygen atoms in total. The van der Waals surface area contributed by atoms with Crippen LogP contribution in [0.1, 0.15) is 10.4 Å². The second-order valence-corrected chi connectivity index (χ2v) is 4.93. The fraction of sp³-hybridized carbons (Fsp3) is 0.111. The highest BCUT2D eigenvalue weighted by Crippen LogP contribution is 2.34. The summed E-state index contributed by atoms with van der Waals surface area (Å²) in [5, 5.41) is 12.0. The molecule has 0 atom stereocenters. The molecule has 0 spiro atoms. The van der Waals surface area contributed by atoms with Crippen LogP contribution in [-0.4, -0.2) is 25.2 Å². The molecular weight excluding hydrogens is 294 g/mol. The lowest BCUT2D eigenvalue weighted by Gasteiger charge is -2.13. The number of carbonyl (C=O) groups excluding carboxylic acids is 1. The lowest BCUT2D eigenvalue weighted by molar-refractivity contribution is -0.254. The van der Waals surface area contributed by atoms with Gasteiger partial charge in [0.2, 0.25) is 0 Å². The molecule has 0 unspecified atom stereocenters. The third-order valence-electron chi connectivity index (χ3n) is 3.62. The van der Waals surface area contributed by atoms with Crippen molar-refractivity contribution in [3.05, 3.63) is 54.1 Å². The molecule has 3 aromatic rings. The topological polar surface area (TPSA) is 71.5 Å². The van der Waals surface area contributed by atoms with Gasteiger partial charge in [-0.3, -0.25) is 0 Å². The minimum Gasteiger partial charge on any atom is -0.545 e. The molecule has 0 saturated heterocycles. The number of fused-ring (bicyclic) bond motifs is 1. The van der Waals surface area contributed by atoms with Crippen LogP contribution in [-0.2, 0) is 0 Å². The third-order valence-corrected chi connectivity index (χ3v) is 3.62. The van der Waals surface area contributed by atoms with E-state index in [1.54, 1.807) is 56.7 Å². The quantitative estimate of drug-likeness (QED) is 0.739. The van der Waals surface area contributed by atoms with Crippen molar-refractivity contribution in [3.8, 4) is 22.8 Å². The number of methoxy groups -OCH3 is 2. The van der Waals surface area contributed by atoms with Crippen LogP contribution >= 0.6 is 0 Å². The van der Waals surface area contributed by atoms with Gasteiger partial charge in [-0.05, 0) is 30.3 Å². The summed E-state index contributed by atoms with van der Waals surface area (Å²) in [6.07, 6.45) is 0. The van der Waals surface area contributed by atoms with Crippen molar-refractivity contribution in [1.82, 2.24) is 4.98 Å². The first-order valence-electron chi connectivity index (χ1n) is 6.97. The highest BCUT2D eigenvalue weighted by atomic mass is 16.5. The normalized spacial score (nSPS) is 10.5. The van der Waals surface area contributed by atoms with E-state index in [9.17, 15) is 9.90 Å². The van der Waals surface area contributed by atoms with E-state index in [0.717, 1.165) is 0 Å². The molecule has 5 heteroatoms. The summed E-state index contributed by atoms with van der Waals surface area (Å²) >= 11 is 0. The number of carbonyl (C=O) groups is 1. The van der Waals surface area contributed by atoms with Crippen molar-refractivity contribution >= 4 is 16.9 Å². The SMILES string of the molecule is COc1ccc(OC)c(-c2cc(C(=O)[O-])c3ccccc3n2)c1. The maximum absolute atomic E-state index is 11.5. The Kier molecular flexibility index (Phi) is 3.85. The van der Waals surface area contributed by atoms with Gasteiger partial charge < -0.3 is 19.4 Å². The van der Waals surface area contributed by atoms with Crippen LogP contribution in [0.5, 0.6) is 11.5 Å². The molecule has 0 saturated carbocycles. The Labute approximate surface area is 133 Å². The second kappa shape index (κ2) is 5.96. The highest BCUT2D eigenvalue weighted by Gasteiger charge is 2.13. The summed E-state index contributed by atoms with van der Waals surface area (Å²) in [5.74, 6) is -0.0321. The first-order chi connectivity index (χ1) is 11.1. The van der Waals surface area contributed by atoms with Crippen LogP contribution in [0, 0.1) is 0 Å². The monoisotopic (exact) mass is 308 g/mol. The number of hydrogen-bond donors (Lipinski definition) is 0. The van der Waals surface area contributed by atoms with E-state index in [4.69, 9.17) is 9.47 Å². The fourth-order valence-electron chi connectivity index (χ4n) is 2.50. The van der Waals surface area contributed by atoms with E-state index in [2.05, 4.69) is 4.98 Å². The van der Waals surface area contributed by atoms with E-state index < -0.39 is 5.97 Å². The maximum atomic E-state index is 11.5. The average molecular weight is 308 g/mol. The molecule has 0 aliphatic heterocycles. The smallest absolute Gasteiger partial charge is 0.128 e. The van der Waals surface area contributed by atoms with Crippen molar-refractivity contribution in [2.45, 2.75) is 0 Å². The van der Waals surface area contributed by atoms with E-state index in [0.29, 0.717) is 33.7 Å². The lowest BCUT2D eigenvalue weighted by Crippen LogP contribution is -2.22. The Balaban J connectivity index is 2.30. The molecule has 1 heterocycles. The van der Waals surface area contributed by atoms with Crippen molar-refractivity contribution in [1.29, 1.82) is 0 Å². The summed E-state index contributed by atoms with van der Waals surface area (Å²) < 4.78 is 10.6. The number of aromatic nitrogens is 1. The predicted octanol–water partition coefficient (Wildman–Crippen LogP) is 2.28. The van der Waals surface area contributed by atoms with Gasteiger partial charge in [-0.2, -0.15) is 0 Å². The number of para-hydroxylation sites is 1. The summed E-state index contributed by atoms with van der Waals surface area (Å²) in [7, 11) is 3.11. The first-order valence-corrected chi connectivity index (χ1v) is 6.97. The summed E-state index contributed by atoms with van der Waals surface area (Å²) in [6.45, 7) is 0. The first kappa shape index (κ1) is 14.8. The van der Waals surface area contributed by atoms with Gasteiger partial charge in [0.1, 0.15) is 11.5 Å². The average Bonchev–Trinajstić information content (AvgIpc) is 2.60. The number of carboxylic acid groups (broad SMARTS) is 1. The Bertz CT molecular complexity index is 889. The molecule has 0 fully saturated rings. The van der Waals surface area contributed by atoms with Crippen molar-refractivity contribution in [2.75, 3.05) is 14.2 Å². The van der Waals surface area contributed by atoms with Crippen LogP contribution in [0.3, 0.4) is 0 Å².